The molecule has 10 heteroatoms. The molecule has 1 unspecified atom stereocenters. The minimum Gasteiger partial charge on any atom is -0.496 e. The number of hydrogen-bond donors (Lipinski definition) is 3. The quantitative estimate of drug-likeness (QED) is 0.459. The van der Waals surface area contributed by atoms with E-state index in [1.807, 2.05) is 19.1 Å². The number of fused-ring (bicyclic) bond motifs is 3. The third-order valence-corrected chi connectivity index (χ3v) is 5.80. The van der Waals surface area contributed by atoms with Crippen LogP contribution in [0.15, 0.2) is 35.5 Å². The largest absolute Gasteiger partial charge is 0.496 e. The van der Waals surface area contributed by atoms with E-state index in [-0.39, 0.29) is 17.4 Å². The van der Waals surface area contributed by atoms with E-state index in [1.54, 1.807) is 26.6 Å². The lowest BCUT2D eigenvalue weighted by molar-refractivity contribution is 0.403. The SMILES string of the molecule is CCc1cncc(F)c1-n1c(=O)n(C)c2cnc3cc(OC)c(C4CNNN4)cc3c21. The molecule has 1 aromatic carbocycles. The predicted octanol–water partition coefficient (Wildman–Crippen LogP) is 1.64. The van der Waals surface area contributed by atoms with Crippen molar-refractivity contribution in [3.63, 3.8) is 0 Å². The highest BCUT2D eigenvalue weighted by Crippen LogP contribution is 2.34. The van der Waals surface area contributed by atoms with Gasteiger partial charge >= 0.3 is 5.69 Å². The van der Waals surface area contributed by atoms with E-state index in [0.717, 1.165) is 17.1 Å². The number of methoxy groups -OCH3 is 1. The highest BCUT2D eigenvalue weighted by Gasteiger charge is 2.24. The maximum atomic E-state index is 15.0. The molecule has 1 saturated heterocycles. The lowest BCUT2D eigenvalue weighted by atomic mass is 10.0. The summed E-state index contributed by atoms with van der Waals surface area (Å²) in [6.45, 7) is 2.55. The molecule has 160 valence electrons. The summed E-state index contributed by atoms with van der Waals surface area (Å²) in [6.07, 6.45) is 4.91. The standard InChI is InChI=1S/C21H22FN7O2/c1-4-11-7-23-8-14(22)19(11)29-20-13-5-12(16-9-25-27-26-16)18(31-3)6-15(13)24-10-17(20)28(2)21(29)30/h5-8,10,16,25-27H,4,9H2,1-3H3. The van der Waals surface area contributed by atoms with Crippen molar-refractivity contribution in [1.82, 2.24) is 35.5 Å². The summed E-state index contributed by atoms with van der Waals surface area (Å²) in [4.78, 5) is 21.8. The number of hydrazine groups is 2. The van der Waals surface area contributed by atoms with E-state index in [9.17, 15) is 9.18 Å². The van der Waals surface area contributed by atoms with Gasteiger partial charge in [-0.25, -0.2) is 20.0 Å². The molecule has 4 heterocycles. The monoisotopic (exact) mass is 423 g/mol. The Bertz CT molecular complexity index is 1370. The fourth-order valence-electron chi connectivity index (χ4n) is 4.21. The third-order valence-electron chi connectivity index (χ3n) is 5.80. The molecular weight excluding hydrogens is 401 g/mol. The van der Waals surface area contributed by atoms with Gasteiger partial charge in [0.25, 0.3) is 0 Å². The van der Waals surface area contributed by atoms with Crippen molar-refractivity contribution in [2.24, 2.45) is 7.05 Å². The zero-order chi connectivity index (χ0) is 21.7. The minimum atomic E-state index is -0.543. The molecule has 0 spiro atoms. The summed E-state index contributed by atoms with van der Waals surface area (Å²) < 4.78 is 23.5. The molecule has 0 radical (unpaired) electrons. The fraction of sp³-hybridized carbons (Fsp3) is 0.286. The first-order valence-corrected chi connectivity index (χ1v) is 9.99. The second-order valence-electron chi connectivity index (χ2n) is 7.47. The van der Waals surface area contributed by atoms with Crippen LogP contribution in [0.4, 0.5) is 4.39 Å². The average Bonchev–Trinajstić information content (AvgIpc) is 3.40. The predicted molar refractivity (Wildman–Crippen MR) is 115 cm³/mol. The maximum Gasteiger partial charge on any atom is 0.333 e. The normalized spacial score (nSPS) is 16.5. The van der Waals surface area contributed by atoms with Crippen LogP contribution in [-0.4, -0.2) is 32.8 Å². The highest BCUT2D eigenvalue weighted by molar-refractivity contribution is 6.04. The van der Waals surface area contributed by atoms with Gasteiger partial charge in [0, 0.05) is 36.8 Å². The van der Waals surface area contributed by atoms with Gasteiger partial charge in [-0.1, -0.05) is 6.92 Å². The number of aromatic nitrogens is 4. The van der Waals surface area contributed by atoms with E-state index in [4.69, 9.17) is 4.74 Å². The number of halogens is 1. The molecule has 0 bridgehead atoms. The Kier molecular flexibility index (Phi) is 4.69. The zero-order valence-electron chi connectivity index (χ0n) is 17.4. The van der Waals surface area contributed by atoms with Gasteiger partial charge in [-0.3, -0.25) is 19.1 Å². The van der Waals surface area contributed by atoms with Crippen LogP contribution >= 0.6 is 0 Å². The van der Waals surface area contributed by atoms with Gasteiger partial charge in [0.2, 0.25) is 0 Å². The van der Waals surface area contributed by atoms with E-state index >= 15 is 0 Å². The number of aryl methyl sites for hydroxylation is 2. The number of pyridine rings is 2. The molecule has 3 aromatic heterocycles. The highest BCUT2D eigenvalue weighted by atomic mass is 19.1. The van der Waals surface area contributed by atoms with Crippen LogP contribution in [-0.2, 0) is 13.5 Å². The number of nitrogens with zero attached hydrogens (tertiary/aromatic N) is 4. The number of rotatable bonds is 4. The molecule has 5 rings (SSSR count). The number of nitrogens with one attached hydrogen (secondary N) is 3. The molecule has 31 heavy (non-hydrogen) atoms. The summed E-state index contributed by atoms with van der Waals surface area (Å²) in [6, 6.07) is 3.74. The molecule has 0 aliphatic carbocycles. The Balaban J connectivity index is 1.92. The second-order valence-corrected chi connectivity index (χ2v) is 7.47. The molecule has 1 atom stereocenters. The Hall–Kier alpha value is -3.34. The van der Waals surface area contributed by atoms with Crippen molar-refractivity contribution < 1.29 is 9.13 Å². The summed E-state index contributed by atoms with van der Waals surface area (Å²) in [5, 5.41) is 0.734. The molecule has 9 nitrogen and oxygen atoms in total. The lowest BCUT2D eigenvalue weighted by Gasteiger charge is -2.16. The maximum absolute atomic E-state index is 15.0. The Labute approximate surface area is 176 Å². The first-order chi connectivity index (χ1) is 15.0. The van der Waals surface area contributed by atoms with Crippen molar-refractivity contribution in [3.8, 4) is 11.4 Å². The van der Waals surface area contributed by atoms with Gasteiger partial charge in [-0.15, -0.1) is 0 Å². The van der Waals surface area contributed by atoms with E-state index < -0.39 is 5.82 Å². The molecule has 1 aliphatic heterocycles. The van der Waals surface area contributed by atoms with Crippen LogP contribution < -0.4 is 26.8 Å². The van der Waals surface area contributed by atoms with Crippen molar-refractivity contribution in [1.29, 1.82) is 0 Å². The van der Waals surface area contributed by atoms with Crippen LogP contribution in [0.25, 0.3) is 27.6 Å². The molecule has 1 fully saturated rings. The topological polar surface area (TPSA) is 98.0 Å². The summed E-state index contributed by atoms with van der Waals surface area (Å²) >= 11 is 0. The van der Waals surface area contributed by atoms with Crippen LogP contribution in [0, 0.1) is 5.82 Å². The smallest absolute Gasteiger partial charge is 0.333 e. The fourth-order valence-corrected chi connectivity index (χ4v) is 4.21. The third kappa shape index (κ3) is 2.91. The number of benzene rings is 1. The van der Waals surface area contributed by atoms with Gasteiger partial charge in [0.1, 0.15) is 5.75 Å². The van der Waals surface area contributed by atoms with E-state index in [2.05, 4.69) is 26.4 Å². The first-order valence-electron chi connectivity index (χ1n) is 9.99. The van der Waals surface area contributed by atoms with Crippen molar-refractivity contribution in [2.45, 2.75) is 19.4 Å². The number of hydrogen-bond acceptors (Lipinski definition) is 7. The Morgan fingerprint density at radius 3 is 2.84 bits per heavy atom. The molecule has 3 N–H and O–H groups in total. The molecular formula is C21H22FN7O2. The second kappa shape index (κ2) is 7.41. The van der Waals surface area contributed by atoms with Crippen LogP contribution in [0.2, 0.25) is 0 Å². The summed E-state index contributed by atoms with van der Waals surface area (Å²) in [5.41, 5.74) is 12.4. The molecule has 0 saturated carbocycles. The summed E-state index contributed by atoms with van der Waals surface area (Å²) in [5.74, 6) is 0.134. The van der Waals surface area contributed by atoms with Crippen molar-refractivity contribution in [2.75, 3.05) is 13.7 Å². The van der Waals surface area contributed by atoms with Crippen molar-refractivity contribution >= 4 is 21.9 Å². The van der Waals surface area contributed by atoms with Crippen LogP contribution in [0.1, 0.15) is 24.1 Å². The average molecular weight is 423 g/mol. The molecule has 4 aromatic rings. The van der Waals surface area contributed by atoms with Crippen LogP contribution in [0.3, 0.4) is 0 Å². The lowest BCUT2D eigenvalue weighted by Crippen LogP contribution is -2.30. The Morgan fingerprint density at radius 1 is 1.29 bits per heavy atom. The molecule has 0 amide bonds. The van der Waals surface area contributed by atoms with Gasteiger partial charge in [-0.2, -0.15) is 5.53 Å². The van der Waals surface area contributed by atoms with Gasteiger partial charge in [0.05, 0.1) is 47.8 Å². The van der Waals surface area contributed by atoms with Gasteiger partial charge in [0.15, 0.2) is 5.82 Å². The first kappa shape index (κ1) is 19.6. The number of ether oxygens (including phenoxy) is 1. The van der Waals surface area contributed by atoms with E-state index in [1.165, 1.54) is 9.13 Å². The van der Waals surface area contributed by atoms with Crippen LogP contribution in [0.5, 0.6) is 5.75 Å². The minimum absolute atomic E-state index is 0.0534. The zero-order valence-corrected chi connectivity index (χ0v) is 17.4. The summed E-state index contributed by atoms with van der Waals surface area (Å²) in [7, 11) is 3.27. The van der Waals surface area contributed by atoms with E-state index in [0.29, 0.717) is 40.8 Å². The van der Waals surface area contributed by atoms with Gasteiger partial charge in [-0.05, 0) is 18.1 Å². The van der Waals surface area contributed by atoms with Gasteiger partial charge < -0.3 is 4.74 Å². The molecule has 1 aliphatic rings. The van der Waals surface area contributed by atoms with Crippen molar-refractivity contribution in [3.05, 3.63) is 58.2 Å². The number of imidazole rings is 1. The Morgan fingerprint density at radius 2 is 2.13 bits per heavy atom.